The third kappa shape index (κ3) is 2.90. The molecular formula is C20H30O3. The molecule has 2 rings (SSSR count). The first-order valence-electron chi connectivity index (χ1n) is 8.54. The minimum atomic E-state index is -0.356. The van der Waals surface area contributed by atoms with E-state index in [2.05, 4.69) is 60.6 Å². The molecule has 0 aromatic carbocycles. The molecule has 0 radical (unpaired) electrons. The molecule has 1 saturated carbocycles. The lowest BCUT2D eigenvalue weighted by Gasteiger charge is -2.33. The van der Waals surface area contributed by atoms with Crippen molar-refractivity contribution in [1.29, 1.82) is 0 Å². The second kappa shape index (κ2) is 5.32. The molecule has 0 aromatic heterocycles. The minimum absolute atomic E-state index is 0.123. The van der Waals surface area contributed by atoms with E-state index in [-0.39, 0.29) is 39.8 Å². The Balaban J connectivity index is 2.54. The SMILES string of the molecule is CCOC(=O)[C@H]1[C@H](C)C12C=C(C(C)(C)C)C(=O)C(C(C)(C)C)=C2. The molecule has 3 heteroatoms. The van der Waals surface area contributed by atoms with Gasteiger partial charge in [-0.15, -0.1) is 0 Å². The molecule has 3 nitrogen and oxygen atoms in total. The van der Waals surface area contributed by atoms with Crippen LogP contribution in [0.25, 0.3) is 0 Å². The zero-order valence-corrected chi connectivity index (χ0v) is 15.7. The highest BCUT2D eigenvalue weighted by Gasteiger charge is 2.66. The number of esters is 1. The standard InChI is InChI=1S/C20H30O3/c1-9-23-17(22)15-12(2)20(15)10-13(18(3,4)5)16(21)14(11-20)19(6,7)8/h10-12,15H,9H2,1-8H3/t12-,15+/m0/s1. The summed E-state index contributed by atoms with van der Waals surface area (Å²) in [4.78, 5) is 25.3. The van der Waals surface area contributed by atoms with Gasteiger partial charge in [0.15, 0.2) is 5.78 Å². The van der Waals surface area contributed by atoms with Crippen molar-refractivity contribution in [3.63, 3.8) is 0 Å². The van der Waals surface area contributed by atoms with Gasteiger partial charge in [-0.1, -0.05) is 60.6 Å². The lowest BCUT2D eigenvalue weighted by molar-refractivity contribution is -0.145. The van der Waals surface area contributed by atoms with Gasteiger partial charge >= 0.3 is 5.97 Å². The number of ketones is 1. The lowest BCUT2D eigenvalue weighted by Crippen LogP contribution is -2.31. The predicted octanol–water partition coefficient (Wildman–Crippen LogP) is 4.33. The van der Waals surface area contributed by atoms with Crippen LogP contribution < -0.4 is 0 Å². The first kappa shape index (κ1) is 18.0. The van der Waals surface area contributed by atoms with Crippen molar-refractivity contribution in [2.45, 2.75) is 55.4 Å². The second-order valence-corrected chi connectivity index (χ2v) is 8.96. The van der Waals surface area contributed by atoms with E-state index in [0.29, 0.717) is 6.61 Å². The highest BCUT2D eigenvalue weighted by atomic mass is 16.5. The first-order chi connectivity index (χ1) is 10.4. The Morgan fingerprint density at radius 1 is 1.09 bits per heavy atom. The molecule has 0 heterocycles. The van der Waals surface area contributed by atoms with E-state index in [0.717, 1.165) is 11.1 Å². The van der Waals surface area contributed by atoms with Gasteiger partial charge in [0.05, 0.1) is 12.5 Å². The third-order valence-electron chi connectivity index (χ3n) is 5.15. The fraction of sp³-hybridized carbons (Fsp3) is 0.700. The summed E-state index contributed by atoms with van der Waals surface area (Å²) in [5.74, 6) is -0.0321. The van der Waals surface area contributed by atoms with Crippen LogP contribution in [0.15, 0.2) is 23.3 Å². The van der Waals surface area contributed by atoms with E-state index in [1.54, 1.807) is 0 Å². The van der Waals surface area contributed by atoms with Crippen molar-refractivity contribution in [1.82, 2.24) is 0 Å². The second-order valence-electron chi connectivity index (χ2n) is 8.96. The smallest absolute Gasteiger partial charge is 0.310 e. The maximum absolute atomic E-state index is 13.0. The summed E-state index contributed by atoms with van der Waals surface area (Å²) in [7, 11) is 0. The maximum atomic E-state index is 13.0. The highest BCUT2D eigenvalue weighted by Crippen LogP contribution is 2.65. The van der Waals surface area contributed by atoms with Crippen LogP contribution in [0.4, 0.5) is 0 Å². The minimum Gasteiger partial charge on any atom is -0.466 e. The predicted molar refractivity (Wildman–Crippen MR) is 91.8 cm³/mol. The van der Waals surface area contributed by atoms with Crippen LogP contribution >= 0.6 is 0 Å². The Hall–Kier alpha value is -1.38. The molecule has 1 fully saturated rings. The number of rotatable bonds is 2. The largest absolute Gasteiger partial charge is 0.466 e. The van der Waals surface area contributed by atoms with Crippen LogP contribution in [0.2, 0.25) is 0 Å². The van der Waals surface area contributed by atoms with Crippen molar-refractivity contribution in [3.8, 4) is 0 Å². The van der Waals surface area contributed by atoms with Gasteiger partial charge in [-0.05, 0) is 23.7 Å². The molecule has 0 N–H and O–H groups in total. The van der Waals surface area contributed by atoms with Gasteiger partial charge in [-0.25, -0.2) is 0 Å². The molecule has 1 spiro atoms. The molecule has 0 bridgehead atoms. The number of hydrogen-bond donors (Lipinski definition) is 0. The van der Waals surface area contributed by atoms with Crippen molar-refractivity contribution in [2.24, 2.45) is 28.1 Å². The van der Waals surface area contributed by atoms with E-state index < -0.39 is 0 Å². The van der Waals surface area contributed by atoms with Crippen molar-refractivity contribution in [3.05, 3.63) is 23.3 Å². The molecule has 0 saturated heterocycles. The van der Waals surface area contributed by atoms with Crippen molar-refractivity contribution in [2.75, 3.05) is 6.61 Å². The number of carbonyl (C=O) groups excluding carboxylic acids is 2. The fourth-order valence-corrected chi connectivity index (χ4v) is 3.63. The zero-order valence-electron chi connectivity index (χ0n) is 15.7. The van der Waals surface area contributed by atoms with Gasteiger partial charge in [-0.3, -0.25) is 9.59 Å². The number of ether oxygens (including phenoxy) is 1. The summed E-state index contributed by atoms with van der Waals surface area (Å²) in [5.41, 5.74) is 0.810. The van der Waals surface area contributed by atoms with Crippen LogP contribution in [-0.4, -0.2) is 18.4 Å². The van der Waals surface area contributed by atoms with Gasteiger partial charge < -0.3 is 4.74 Å². The van der Waals surface area contributed by atoms with Crippen LogP contribution in [0, 0.1) is 28.1 Å². The lowest BCUT2D eigenvalue weighted by atomic mass is 9.69. The molecule has 0 amide bonds. The van der Waals surface area contributed by atoms with E-state index in [1.807, 2.05) is 6.92 Å². The van der Waals surface area contributed by atoms with Gasteiger partial charge in [-0.2, -0.15) is 0 Å². The van der Waals surface area contributed by atoms with E-state index in [4.69, 9.17) is 4.74 Å². The molecule has 128 valence electrons. The average Bonchev–Trinajstić information content (AvgIpc) is 2.94. The van der Waals surface area contributed by atoms with Crippen molar-refractivity contribution >= 4 is 11.8 Å². The first-order valence-corrected chi connectivity index (χ1v) is 8.54. The molecule has 23 heavy (non-hydrogen) atoms. The quantitative estimate of drug-likeness (QED) is 0.712. The Labute approximate surface area is 140 Å². The molecular weight excluding hydrogens is 288 g/mol. The Morgan fingerprint density at radius 3 is 1.87 bits per heavy atom. The van der Waals surface area contributed by atoms with Crippen LogP contribution in [-0.2, 0) is 14.3 Å². The maximum Gasteiger partial charge on any atom is 0.310 e. The topological polar surface area (TPSA) is 43.4 Å². The van der Waals surface area contributed by atoms with Crippen LogP contribution in [0.1, 0.15) is 55.4 Å². The monoisotopic (exact) mass is 318 g/mol. The Morgan fingerprint density at radius 2 is 1.52 bits per heavy atom. The number of Topliss-reactive ketones (excluding diaryl/α,β-unsaturated/α-hetero) is 1. The molecule has 0 unspecified atom stereocenters. The number of hydrogen-bond acceptors (Lipinski definition) is 3. The van der Waals surface area contributed by atoms with Crippen molar-refractivity contribution < 1.29 is 14.3 Å². The van der Waals surface area contributed by atoms with Crippen LogP contribution in [0.3, 0.4) is 0 Å². The summed E-state index contributed by atoms with van der Waals surface area (Å²) >= 11 is 0. The van der Waals surface area contributed by atoms with Crippen LogP contribution in [0.5, 0.6) is 0 Å². The average molecular weight is 318 g/mol. The molecule has 2 atom stereocenters. The van der Waals surface area contributed by atoms with E-state index >= 15 is 0 Å². The number of carbonyl (C=O) groups is 2. The molecule has 2 aliphatic carbocycles. The highest BCUT2D eigenvalue weighted by molar-refractivity contribution is 6.11. The normalized spacial score (nSPS) is 26.7. The summed E-state index contributed by atoms with van der Waals surface area (Å²) in [6.07, 6.45) is 4.10. The molecule has 0 aliphatic heterocycles. The molecule has 0 aromatic rings. The number of allylic oxidation sites excluding steroid dienone is 4. The fourth-order valence-electron chi connectivity index (χ4n) is 3.63. The van der Waals surface area contributed by atoms with Gasteiger partial charge in [0, 0.05) is 16.6 Å². The van der Waals surface area contributed by atoms with E-state index in [9.17, 15) is 9.59 Å². The zero-order chi connectivity index (χ0) is 17.8. The third-order valence-corrected chi connectivity index (χ3v) is 5.15. The van der Waals surface area contributed by atoms with E-state index in [1.165, 1.54) is 0 Å². The Kier molecular flexibility index (Phi) is 4.16. The summed E-state index contributed by atoms with van der Waals surface area (Å²) in [6, 6.07) is 0. The summed E-state index contributed by atoms with van der Waals surface area (Å²) in [6.45, 7) is 16.6. The Bertz CT molecular complexity index is 559. The van der Waals surface area contributed by atoms with Gasteiger partial charge in [0.1, 0.15) is 0 Å². The summed E-state index contributed by atoms with van der Waals surface area (Å²) < 4.78 is 5.25. The van der Waals surface area contributed by atoms with Gasteiger partial charge in [0.2, 0.25) is 0 Å². The molecule has 2 aliphatic rings. The summed E-state index contributed by atoms with van der Waals surface area (Å²) in [5, 5.41) is 0. The van der Waals surface area contributed by atoms with Gasteiger partial charge in [0.25, 0.3) is 0 Å².